The van der Waals surface area contributed by atoms with Gasteiger partial charge < -0.3 is 5.32 Å². The van der Waals surface area contributed by atoms with Gasteiger partial charge in [0.15, 0.2) is 17.0 Å². The lowest BCUT2D eigenvalue weighted by atomic mass is 10.1. The minimum absolute atomic E-state index is 0.326. The number of aryl methyl sites for hydroxylation is 2. The summed E-state index contributed by atoms with van der Waals surface area (Å²) in [6.07, 6.45) is 4.37. The summed E-state index contributed by atoms with van der Waals surface area (Å²) in [4.78, 5) is 9.21. The van der Waals surface area contributed by atoms with Gasteiger partial charge in [-0.15, -0.1) is 5.10 Å². The molecule has 0 fully saturated rings. The molecule has 0 unspecified atom stereocenters. The van der Waals surface area contributed by atoms with Crippen LogP contribution in [0.25, 0.3) is 11.2 Å². The monoisotopic (exact) mass is 416 g/mol. The van der Waals surface area contributed by atoms with Crippen molar-refractivity contribution in [2.75, 3.05) is 5.32 Å². The number of aromatic nitrogens is 5. The van der Waals surface area contributed by atoms with Gasteiger partial charge in [-0.05, 0) is 50.5 Å². The number of hydrogen-bond acceptors (Lipinski definition) is 5. The van der Waals surface area contributed by atoms with E-state index in [2.05, 4.69) is 68.4 Å². The van der Waals surface area contributed by atoms with E-state index in [1.165, 1.54) is 0 Å². The predicted octanol–water partition coefficient (Wildman–Crippen LogP) is 5.49. The SMILES string of the molecule is CCCC(CCC)n1nnc2c(Nc3ccc(Br)cc3C)nc(C)nc21. The number of nitrogens with zero attached hydrogens (tertiary/aromatic N) is 5. The molecule has 0 radical (unpaired) electrons. The van der Waals surface area contributed by atoms with Gasteiger partial charge in [0.2, 0.25) is 0 Å². The molecular weight excluding hydrogens is 392 g/mol. The third-order valence-corrected chi connectivity index (χ3v) is 4.96. The van der Waals surface area contributed by atoms with Crippen molar-refractivity contribution >= 4 is 38.6 Å². The van der Waals surface area contributed by atoms with Crippen LogP contribution in [-0.4, -0.2) is 25.0 Å². The largest absolute Gasteiger partial charge is 0.338 e. The number of hydrogen-bond donors (Lipinski definition) is 1. The molecule has 0 atom stereocenters. The summed E-state index contributed by atoms with van der Waals surface area (Å²) < 4.78 is 3.04. The first-order valence-electron chi connectivity index (χ1n) is 9.16. The molecule has 2 aromatic heterocycles. The lowest BCUT2D eigenvalue weighted by Crippen LogP contribution is -2.12. The molecule has 1 N–H and O–H groups in total. The highest BCUT2D eigenvalue weighted by Gasteiger charge is 2.19. The summed E-state index contributed by atoms with van der Waals surface area (Å²) in [7, 11) is 0. The van der Waals surface area contributed by atoms with Crippen LogP contribution >= 0.6 is 15.9 Å². The zero-order valence-electron chi connectivity index (χ0n) is 15.8. The molecule has 26 heavy (non-hydrogen) atoms. The second-order valence-electron chi connectivity index (χ2n) is 6.64. The molecule has 0 aliphatic heterocycles. The first kappa shape index (κ1) is 18.8. The lowest BCUT2D eigenvalue weighted by Gasteiger charge is -2.16. The Morgan fingerprint density at radius 2 is 1.85 bits per heavy atom. The molecule has 0 saturated heterocycles. The average molecular weight is 417 g/mol. The quantitative estimate of drug-likeness (QED) is 0.551. The standard InChI is InChI=1S/C19H25BrN6/c1-5-7-15(8-6-2)26-19-17(24-25-26)18(21-13(4)22-19)23-16-10-9-14(20)11-12(16)3/h9-11,15H,5-8H2,1-4H3,(H,21,22,23). The van der Waals surface area contributed by atoms with Crippen molar-refractivity contribution in [3.8, 4) is 0 Å². The maximum Gasteiger partial charge on any atom is 0.184 e. The van der Waals surface area contributed by atoms with Crippen LogP contribution in [0.4, 0.5) is 11.5 Å². The van der Waals surface area contributed by atoms with E-state index in [4.69, 9.17) is 0 Å². The maximum atomic E-state index is 4.64. The Labute approximate surface area is 162 Å². The van der Waals surface area contributed by atoms with Gasteiger partial charge in [0.25, 0.3) is 0 Å². The molecule has 3 rings (SSSR count). The molecule has 138 valence electrons. The second kappa shape index (κ2) is 8.12. The van der Waals surface area contributed by atoms with Gasteiger partial charge in [0.05, 0.1) is 6.04 Å². The van der Waals surface area contributed by atoms with Gasteiger partial charge in [-0.1, -0.05) is 47.8 Å². The number of fused-ring (bicyclic) bond motifs is 1. The van der Waals surface area contributed by atoms with E-state index in [-0.39, 0.29) is 0 Å². The van der Waals surface area contributed by atoms with E-state index >= 15 is 0 Å². The van der Waals surface area contributed by atoms with E-state index in [1.54, 1.807) is 0 Å². The second-order valence-corrected chi connectivity index (χ2v) is 7.56. The first-order valence-corrected chi connectivity index (χ1v) is 9.95. The Kier molecular flexibility index (Phi) is 5.86. The molecule has 0 amide bonds. The Balaban J connectivity index is 2.04. The van der Waals surface area contributed by atoms with Gasteiger partial charge in [0.1, 0.15) is 5.82 Å². The Morgan fingerprint density at radius 3 is 2.50 bits per heavy atom. The fraction of sp³-hybridized carbons (Fsp3) is 0.474. The zero-order chi connectivity index (χ0) is 18.7. The molecule has 7 heteroatoms. The van der Waals surface area contributed by atoms with E-state index < -0.39 is 0 Å². The highest BCUT2D eigenvalue weighted by atomic mass is 79.9. The van der Waals surface area contributed by atoms with Crippen LogP contribution in [0, 0.1) is 13.8 Å². The van der Waals surface area contributed by atoms with Crippen LogP contribution in [0.1, 0.15) is 57.0 Å². The summed E-state index contributed by atoms with van der Waals surface area (Å²) in [5, 5.41) is 12.2. The van der Waals surface area contributed by atoms with Gasteiger partial charge in [-0.3, -0.25) is 0 Å². The Bertz CT molecular complexity index is 898. The minimum atomic E-state index is 0.326. The van der Waals surface area contributed by atoms with Crippen molar-refractivity contribution in [2.24, 2.45) is 0 Å². The minimum Gasteiger partial charge on any atom is -0.338 e. The van der Waals surface area contributed by atoms with Gasteiger partial charge >= 0.3 is 0 Å². The third-order valence-electron chi connectivity index (χ3n) is 4.47. The molecule has 2 heterocycles. The smallest absolute Gasteiger partial charge is 0.184 e. The molecule has 3 aromatic rings. The molecule has 0 aliphatic rings. The van der Waals surface area contributed by atoms with Crippen LogP contribution in [0.2, 0.25) is 0 Å². The highest BCUT2D eigenvalue weighted by Crippen LogP contribution is 2.28. The molecule has 0 saturated carbocycles. The van der Waals surface area contributed by atoms with Crippen LogP contribution in [0.5, 0.6) is 0 Å². The Morgan fingerprint density at radius 1 is 1.12 bits per heavy atom. The van der Waals surface area contributed by atoms with Crippen molar-refractivity contribution in [3.63, 3.8) is 0 Å². The van der Waals surface area contributed by atoms with E-state index in [9.17, 15) is 0 Å². The Hall–Kier alpha value is -2.02. The number of halogens is 1. The van der Waals surface area contributed by atoms with Crippen LogP contribution in [0.15, 0.2) is 22.7 Å². The van der Waals surface area contributed by atoms with Crippen molar-refractivity contribution in [3.05, 3.63) is 34.1 Å². The third kappa shape index (κ3) is 3.87. The topological polar surface area (TPSA) is 68.5 Å². The van der Waals surface area contributed by atoms with Crippen molar-refractivity contribution in [1.82, 2.24) is 25.0 Å². The van der Waals surface area contributed by atoms with Gasteiger partial charge in [-0.25, -0.2) is 14.6 Å². The maximum absolute atomic E-state index is 4.64. The molecule has 1 aromatic carbocycles. The molecule has 0 aliphatic carbocycles. The van der Waals surface area contributed by atoms with Gasteiger partial charge in [0, 0.05) is 10.2 Å². The number of nitrogens with one attached hydrogen (secondary N) is 1. The fourth-order valence-corrected chi connectivity index (χ4v) is 3.70. The lowest BCUT2D eigenvalue weighted by molar-refractivity contribution is 0.391. The summed E-state index contributed by atoms with van der Waals surface area (Å²) >= 11 is 3.50. The van der Waals surface area contributed by atoms with E-state index in [0.29, 0.717) is 17.7 Å². The van der Waals surface area contributed by atoms with Crippen LogP contribution < -0.4 is 5.32 Å². The van der Waals surface area contributed by atoms with Crippen LogP contribution in [-0.2, 0) is 0 Å². The van der Waals surface area contributed by atoms with Crippen molar-refractivity contribution in [2.45, 2.75) is 59.4 Å². The molecular formula is C19H25BrN6. The van der Waals surface area contributed by atoms with Crippen molar-refractivity contribution < 1.29 is 0 Å². The van der Waals surface area contributed by atoms with Crippen LogP contribution in [0.3, 0.4) is 0 Å². The average Bonchev–Trinajstić information content (AvgIpc) is 3.01. The summed E-state index contributed by atoms with van der Waals surface area (Å²) in [5.41, 5.74) is 3.66. The summed E-state index contributed by atoms with van der Waals surface area (Å²) in [5.74, 6) is 1.42. The number of rotatable bonds is 7. The van der Waals surface area contributed by atoms with Gasteiger partial charge in [-0.2, -0.15) is 0 Å². The summed E-state index contributed by atoms with van der Waals surface area (Å²) in [6, 6.07) is 6.44. The summed E-state index contributed by atoms with van der Waals surface area (Å²) in [6.45, 7) is 8.37. The fourth-order valence-electron chi connectivity index (χ4n) is 3.22. The number of anilines is 2. The highest BCUT2D eigenvalue weighted by molar-refractivity contribution is 9.10. The first-order chi connectivity index (χ1) is 12.5. The van der Waals surface area contributed by atoms with Crippen molar-refractivity contribution in [1.29, 1.82) is 0 Å². The predicted molar refractivity (Wildman–Crippen MR) is 109 cm³/mol. The zero-order valence-corrected chi connectivity index (χ0v) is 17.3. The number of benzene rings is 1. The normalized spacial score (nSPS) is 11.5. The van der Waals surface area contributed by atoms with E-state index in [1.807, 2.05) is 23.7 Å². The van der Waals surface area contributed by atoms with E-state index in [0.717, 1.165) is 52.6 Å². The molecule has 0 bridgehead atoms. The molecule has 6 nitrogen and oxygen atoms in total. The molecule has 0 spiro atoms.